The highest BCUT2D eigenvalue weighted by atomic mass is 35.5. The van der Waals surface area contributed by atoms with Crippen molar-refractivity contribution in [1.29, 1.82) is 0 Å². The Kier molecular flexibility index (Phi) is 4.49. The minimum atomic E-state index is -1.03. The smallest absolute Gasteiger partial charge is 0.336 e. The molecule has 7 heteroatoms. The molecule has 3 aromatic carbocycles. The number of H-pyrrole nitrogens is 1. The summed E-state index contributed by atoms with van der Waals surface area (Å²) in [4.78, 5) is 18.6. The van der Waals surface area contributed by atoms with Crippen molar-refractivity contribution in [3.63, 3.8) is 0 Å². The maximum atomic E-state index is 14.1. The Morgan fingerprint density at radius 3 is 2.68 bits per heavy atom. The summed E-state index contributed by atoms with van der Waals surface area (Å²) in [6, 6.07) is 14.6. The number of nitrogens with one attached hydrogen (secondary N) is 1. The Morgan fingerprint density at radius 1 is 1.14 bits per heavy atom. The van der Waals surface area contributed by atoms with Crippen LogP contribution >= 0.6 is 11.6 Å². The lowest BCUT2D eigenvalue weighted by Crippen LogP contribution is -2.00. The molecule has 4 aromatic rings. The number of halogens is 2. The van der Waals surface area contributed by atoms with Gasteiger partial charge in [0, 0.05) is 11.1 Å². The Balaban J connectivity index is 1.72. The molecule has 0 saturated carbocycles. The number of rotatable bonds is 4. The first kappa shape index (κ1) is 18.0. The summed E-state index contributed by atoms with van der Waals surface area (Å²) in [5.41, 5.74) is 2.84. The number of carbonyl (C=O) groups is 1. The molecular formula is C21H14ClFN2O3. The maximum Gasteiger partial charge on any atom is 0.336 e. The van der Waals surface area contributed by atoms with Crippen LogP contribution in [0.5, 0.6) is 11.8 Å². The molecule has 0 fully saturated rings. The molecule has 0 spiro atoms. The molecule has 0 radical (unpaired) electrons. The van der Waals surface area contributed by atoms with E-state index in [0.29, 0.717) is 38.5 Å². The van der Waals surface area contributed by atoms with E-state index in [4.69, 9.17) is 16.3 Å². The van der Waals surface area contributed by atoms with Gasteiger partial charge in [-0.25, -0.2) is 9.18 Å². The van der Waals surface area contributed by atoms with Crippen molar-refractivity contribution in [1.82, 2.24) is 9.97 Å². The Morgan fingerprint density at radius 2 is 1.93 bits per heavy atom. The first-order chi connectivity index (χ1) is 13.4. The van der Waals surface area contributed by atoms with Crippen LogP contribution in [0.15, 0.2) is 54.6 Å². The maximum absolute atomic E-state index is 14.1. The minimum Gasteiger partial charge on any atom is -0.478 e. The van der Waals surface area contributed by atoms with Gasteiger partial charge in [0.05, 0.1) is 21.6 Å². The van der Waals surface area contributed by atoms with E-state index in [1.54, 1.807) is 49.4 Å². The molecule has 1 aromatic heterocycles. The zero-order valence-electron chi connectivity index (χ0n) is 14.7. The van der Waals surface area contributed by atoms with Gasteiger partial charge in [0.15, 0.2) is 0 Å². The number of aromatic amines is 1. The lowest BCUT2D eigenvalue weighted by Gasteiger charge is -2.05. The number of hydrogen-bond acceptors (Lipinski definition) is 3. The lowest BCUT2D eigenvalue weighted by atomic mass is 10.0. The Hall–Kier alpha value is -3.38. The minimum absolute atomic E-state index is 0.151. The summed E-state index contributed by atoms with van der Waals surface area (Å²) in [6.07, 6.45) is 0. The van der Waals surface area contributed by atoms with Crippen LogP contribution in [-0.4, -0.2) is 21.0 Å². The molecule has 0 aliphatic carbocycles. The van der Waals surface area contributed by atoms with Crippen molar-refractivity contribution < 1.29 is 19.0 Å². The zero-order chi connectivity index (χ0) is 19.8. The average Bonchev–Trinajstić information content (AvgIpc) is 3.04. The van der Waals surface area contributed by atoms with E-state index >= 15 is 0 Å². The molecule has 0 atom stereocenters. The van der Waals surface area contributed by atoms with Crippen LogP contribution in [0.1, 0.15) is 15.9 Å². The second kappa shape index (κ2) is 6.98. The van der Waals surface area contributed by atoms with Crippen LogP contribution in [0.2, 0.25) is 5.02 Å². The number of benzene rings is 3. The molecule has 140 valence electrons. The number of aromatic carboxylic acids is 1. The van der Waals surface area contributed by atoms with Crippen LogP contribution in [0, 0.1) is 12.7 Å². The van der Waals surface area contributed by atoms with Gasteiger partial charge in [-0.15, -0.1) is 0 Å². The number of hydrogen-bond donors (Lipinski definition) is 2. The fourth-order valence-electron chi connectivity index (χ4n) is 2.95. The third kappa shape index (κ3) is 3.30. The molecule has 0 saturated heterocycles. The van der Waals surface area contributed by atoms with E-state index in [9.17, 15) is 14.3 Å². The lowest BCUT2D eigenvalue weighted by molar-refractivity contribution is 0.0695. The second-order valence-electron chi connectivity index (χ2n) is 6.25. The predicted octanol–water partition coefficient (Wildman–Crippen LogP) is 5.82. The van der Waals surface area contributed by atoms with E-state index in [-0.39, 0.29) is 17.4 Å². The molecule has 28 heavy (non-hydrogen) atoms. The number of aryl methyl sites for hydroxylation is 1. The van der Waals surface area contributed by atoms with Crippen molar-refractivity contribution in [3.8, 4) is 22.9 Å². The third-order valence-corrected chi connectivity index (χ3v) is 4.68. The number of carboxylic acid groups (broad SMARTS) is 1. The summed E-state index contributed by atoms with van der Waals surface area (Å²) >= 11 is 6.33. The van der Waals surface area contributed by atoms with E-state index in [1.165, 1.54) is 12.1 Å². The van der Waals surface area contributed by atoms with Gasteiger partial charge in [0.25, 0.3) is 6.01 Å². The summed E-state index contributed by atoms with van der Waals surface area (Å²) in [6.45, 7) is 1.71. The number of imidazole rings is 1. The Labute approximate surface area is 164 Å². The van der Waals surface area contributed by atoms with Crippen molar-refractivity contribution in [3.05, 3.63) is 76.6 Å². The fourth-order valence-corrected chi connectivity index (χ4v) is 3.21. The van der Waals surface area contributed by atoms with Crippen molar-refractivity contribution >= 4 is 28.6 Å². The van der Waals surface area contributed by atoms with Crippen molar-refractivity contribution in [2.45, 2.75) is 6.92 Å². The van der Waals surface area contributed by atoms with Gasteiger partial charge in [0.1, 0.15) is 11.6 Å². The molecule has 0 bridgehead atoms. The number of ether oxygens (including phenoxy) is 1. The van der Waals surface area contributed by atoms with Gasteiger partial charge in [-0.2, -0.15) is 4.98 Å². The normalized spacial score (nSPS) is 11.0. The van der Waals surface area contributed by atoms with Crippen LogP contribution in [-0.2, 0) is 0 Å². The van der Waals surface area contributed by atoms with Crippen LogP contribution in [0.25, 0.3) is 22.2 Å². The fraction of sp³-hybridized carbons (Fsp3) is 0.0476. The standard InChI is InChI=1S/C21H14ClFN2O3/c1-11-6-7-12(8-14(11)20(26)27)28-21-24-18-9-15(16(22)10-19(18)25-21)13-4-2-3-5-17(13)23/h2-10H,1H3,(H,24,25)(H,26,27). The summed E-state index contributed by atoms with van der Waals surface area (Å²) in [5.74, 6) is -1.08. The number of aromatic nitrogens is 2. The molecule has 5 nitrogen and oxygen atoms in total. The zero-order valence-corrected chi connectivity index (χ0v) is 15.4. The molecule has 0 unspecified atom stereocenters. The SMILES string of the molecule is Cc1ccc(Oc2nc3cc(-c4ccccc4F)c(Cl)cc3[nH]2)cc1C(=O)O. The molecular weight excluding hydrogens is 383 g/mol. The van der Waals surface area contributed by atoms with Crippen molar-refractivity contribution in [2.24, 2.45) is 0 Å². The van der Waals surface area contributed by atoms with E-state index < -0.39 is 5.97 Å². The third-order valence-electron chi connectivity index (χ3n) is 4.37. The summed E-state index contributed by atoms with van der Waals surface area (Å²) < 4.78 is 19.8. The van der Waals surface area contributed by atoms with E-state index in [0.717, 1.165) is 0 Å². The largest absolute Gasteiger partial charge is 0.478 e. The topological polar surface area (TPSA) is 75.2 Å². The highest BCUT2D eigenvalue weighted by molar-refractivity contribution is 6.34. The Bertz CT molecular complexity index is 1220. The molecule has 2 N–H and O–H groups in total. The average molecular weight is 397 g/mol. The van der Waals surface area contributed by atoms with Gasteiger partial charge >= 0.3 is 5.97 Å². The number of fused-ring (bicyclic) bond motifs is 1. The van der Waals surface area contributed by atoms with Crippen LogP contribution in [0.4, 0.5) is 4.39 Å². The second-order valence-corrected chi connectivity index (χ2v) is 6.66. The van der Waals surface area contributed by atoms with E-state index in [2.05, 4.69) is 9.97 Å². The van der Waals surface area contributed by atoms with Crippen LogP contribution in [0.3, 0.4) is 0 Å². The molecule has 4 rings (SSSR count). The van der Waals surface area contributed by atoms with Gasteiger partial charge in [0.2, 0.25) is 0 Å². The molecule has 0 aliphatic heterocycles. The molecule has 0 aliphatic rings. The first-order valence-electron chi connectivity index (χ1n) is 8.38. The van der Waals surface area contributed by atoms with Gasteiger partial charge in [-0.05, 0) is 42.8 Å². The first-order valence-corrected chi connectivity index (χ1v) is 8.76. The monoisotopic (exact) mass is 396 g/mol. The van der Waals surface area contributed by atoms with E-state index in [1.807, 2.05) is 0 Å². The summed E-state index contributed by atoms with van der Waals surface area (Å²) in [7, 11) is 0. The van der Waals surface area contributed by atoms with Crippen molar-refractivity contribution in [2.75, 3.05) is 0 Å². The quantitative estimate of drug-likeness (QED) is 0.455. The van der Waals surface area contributed by atoms with Gasteiger partial charge < -0.3 is 14.8 Å². The highest BCUT2D eigenvalue weighted by Crippen LogP contribution is 2.34. The molecule has 1 heterocycles. The highest BCUT2D eigenvalue weighted by Gasteiger charge is 2.14. The number of nitrogens with zero attached hydrogens (tertiary/aromatic N) is 1. The van der Waals surface area contributed by atoms with Gasteiger partial charge in [-0.1, -0.05) is 35.9 Å². The van der Waals surface area contributed by atoms with Crippen LogP contribution < -0.4 is 4.74 Å². The predicted molar refractivity (Wildman–Crippen MR) is 105 cm³/mol. The summed E-state index contributed by atoms with van der Waals surface area (Å²) in [5, 5.41) is 9.61. The number of carboxylic acids is 1. The molecule has 0 amide bonds. The van der Waals surface area contributed by atoms with Gasteiger partial charge in [-0.3, -0.25) is 0 Å².